The minimum absolute atomic E-state index is 0.0345. The Morgan fingerprint density at radius 3 is 2.80 bits per heavy atom. The first-order valence-corrected chi connectivity index (χ1v) is 6.74. The Bertz CT molecular complexity index is 507. The monoisotopic (exact) mass is 301 g/mol. The van der Waals surface area contributed by atoms with Gasteiger partial charge in [0.25, 0.3) is 0 Å². The highest BCUT2D eigenvalue weighted by Gasteiger charge is 2.23. The lowest BCUT2D eigenvalue weighted by Gasteiger charge is -2.30. The van der Waals surface area contributed by atoms with Crippen LogP contribution in [0.4, 0.5) is 15.8 Å². The van der Waals surface area contributed by atoms with Crippen LogP contribution in [0.3, 0.4) is 0 Å². The molecule has 2 rings (SSSR count). The highest BCUT2D eigenvalue weighted by molar-refractivity contribution is 6.31. The molecule has 1 heterocycles. The third-order valence-corrected chi connectivity index (χ3v) is 3.45. The van der Waals surface area contributed by atoms with E-state index < -0.39 is 11.9 Å². The number of morpholine rings is 1. The molecule has 0 radical (unpaired) electrons. The molecule has 110 valence electrons. The molecule has 0 bridgehead atoms. The molecule has 1 amide bonds. The number of amides is 1. The molecule has 0 saturated carbocycles. The van der Waals surface area contributed by atoms with Crippen molar-refractivity contribution in [3.05, 3.63) is 23.0 Å². The third-order valence-electron chi connectivity index (χ3n) is 3.16. The molecular weight excluding hydrogens is 285 g/mol. The highest BCUT2D eigenvalue weighted by atomic mass is 35.5. The molecule has 1 fully saturated rings. The maximum absolute atomic E-state index is 13.2. The Labute approximate surface area is 121 Å². The van der Waals surface area contributed by atoms with E-state index in [9.17, 15) is 9.18 Å². The Kier molecular flexibility index (Phi) is 4.67. The van der Waals surface area contributed by atoms with Crippen molar-refractivity contribution in [2.45, 2.75) is 13.0 Å². The molecule has 20 heavy (non-hydrogen) atoms. The molecule has 0 aliphatic carbocycles. The minimum atomic E-state index is -0.582. The molecule has 1 aliphatic heterocycles. The van der Waals surface area contributed by atoms with Crippen LogP contribution < -0.4 is 11.1 Å². The number of anilines is 2. The van der Waals surface area contributed by atoms with Crippen LogP contribution in [0, 0.1) is 5.82 Å². The van der Waals surface area contributed by atoms with Crippen molar-refractivity contribution in [3.63, 3.8) is 0 Å². The summed E-state index contributed by atoms with van der Waals surface area (Å²) in [6.07, 6.45) is 0. The maximum atomic E-state index is 13.2. The summed E-state index contributed by atoms with van der Waals surface area (Å²) in [7, 11) is 0. The average molecular weight is 302 g/mol. The van der Waals surface area contributed by atoms with Crippen LogP contribution in [0.5, 0.6) is 0 Å². The first-order chi connectivity index (χ1) is 9.49. The van der Waals surface area contributed by atoms with Crippen molar-refractivity contribution in [1.29, 1.82) is 0 Å². The fourth-order valence-electron chi connectivity index (χ4n) is 2.04. The van der Waals surface area contributed by atoms with Gasteiger partial charge in [0.15, 0.2) is 0 Å². The Morgan fingerprint density at radius 1 is 1.50 bits per heavy atom. The molecule has 1 unspecified atom stereocenters. The van der Waals surface area contributed by atoms with Crippen molar-refractivity contribution in [2.75, 3.05) is 37.4 Å². The van der Waals surface area contributed by atoms with E-state index >= 15 is 0 Å². The summed E-state index contributed by atoms with van der Waals surface area (Å²) < 4.78 is 18.4. The smallest absolute Gasteiger partial charge is 0.244 e. The number of carbonyl (C=O) groups is 1. The molecule has 0 aromatic heterocycles. The second kappa shape index (κ2) is 6.28. The number of nitrogens with one attached hydrogen (secondary N) is 1. The van der Waals surface area contributed by atoms with E-state index in [2.05, 4.69) is 5.32 Å². The van der Waals surface area contributed by atoms with Crippen molar-refractivity contribution >= 4 is 28.9 Å². The zero-order chi connectivity index (χ0) is 14.7. The van der Waals surface area contributed by atoms with Crippen LogP contribution in [-0.2, 0) is 9.53 Å². The van der Waals surface area contributed by atoms with Crippen molar-refractivity contribution in [2.24, 2.45) is 0 Å². The van der Waals surface area contributed by atoms with Gasteiger partial charge in [-0.3, -0.25) is 4.79 Å². The molecule has 1 saturated heterocycles. The van der Waals surface area contributed by atoms with Crippen LogP contribution in [0.15, 0.2) is 12.1 Å². The summed E-state index contributed by atoms with van der Waals surface area (Å²) in [6, 6.07) is 2.04. The van der Waals surface area contributed by atoms with E-state index in [0.29, 0.717) is 32.0 Å². The molecule has 1 atom stereocenters. The summed E-state index contributed by atoms with van der Waals surface area (Å²) in [5, 5.41) is 2.93. The van der Waals surface area contributed by atoms with Crippen LogP contribution in [0.1, 0.15) is 6.92 Å². The molecular formula is C13H17ClFN3O2. The van der Waals surface area contributed by atoms with Crippen LogP contribution in [-0.4, -0.2) is 43.2 Å². The van der Waals surface area contributed by atoms with Gasteiger partial charge in [-0.2, -0.15) is 0 Å². The maximum Gasteiger partial charge on any atom is 0.244 e. The summed E-state index contributed by atoms with van der Waals surface area (Å²) in [6.45, 7) is 3.97. The van der Waals surface area contributed by atoms with Crippen LogP contribution >= 0.6 is 11.6 Å². The van der Waals surface area contributed by atoms with Gasteiger partial charge >= 0.3 is 0 Å². The van der Waals surface area contributed by atoms with Crippen molar-refractivity contribution in [3.8, 4) is 0 Å². The van der Waals surface area contributed by atoms with Gasteiger partial charge in [0.05, 0.1) is 29.6 Å². The number of hydrogen-bond donors (Lipinski definition) is 2. The minimum Gasteiger partial charge on any atom is -0.397 e. The molecule has 7 heteroatoms. The average Bonchev–Trinajstić information content (AvgIpc) is 2.44. The number of nitrogens with two attached hydrogens (primary N) is 1. The van der Waals surface area contributed by atoms with Gasteiger partial charge in [-0.15, -0.1) is 0 Å². The zero-order valence-corrected chi connectivity index (χ0v) is 11.9. The number of hydrogen-bond acceptors (Lipinski definition) is 4. The van der Waals surface area contributed by atoms with Gasteiger partial charge in [-0.05, 0) is 13.0 Å². The van der Waals surface area contributed by atoms with Crippen LogP contribution in [0.2, 0.25) is 5.02 Å². The number of ether oxygens (including phenoxy) is 1. The number of rotatable bonds is 3. The number of halogens is 2. The number of nitrogens with zero attached hydrogens (tertiary/aromatic N) is 1. The summed E-state index contributed by atoms with van der Waals surface area (Å²) in [5.41, 5.74) is 6.38. The largest absolute Gasteiger partial charge is 0.397 e. The van der Waals surface area contributed by atoms with E-state index in [1.807, 2.05) is 0 Å². The molecule has 1 aromatic carbocycles. The zero-order valence-electron chi connectivity index (χ0n) is 11.2. The second-order valence-corrected chi connectivity index (χ2v) is 5.06. The predicted octanol–water partition coefficient (Wildman–Crippen LogP) is 1.72. The SMILES string of the molecule is CC(Nc1cc(Cl)c(F)cc1N)C(=O)N1CCOCC1. The van der Waals surface area contributed by atoms with E-state index in [-0.39, 0.29) is 16.6 Å². The normalized spacial score (nSPS) is 16.9. The van der Waals surface area contributed by atoms with E-state index in [4.69, 9.17) is 22.1 Å². The van der Waals surface area contributed by atoms with Gasteiger partial charge in [-0.1, -0.05) is 11.6 Å². The van der Waals surface area contributed by atoms with Gasteiger partial charge in [-0.25, -0.2) is 4.39 Å². The molecule has 1 aromatic rings. The number of nitrogen functional groups attached to an aromatic ring is 1. The van der Waals surface area contributed by atoms with Crippen molar-refractivity contribution in [1.82, 2.24) is 4.90 Å². The van der Waals surface area contributed by atoms with Gasteiger partial charge in [0.1, 0.15) is 11.9 Å². The lowest BCUT2D eigenvalue weighted by atomic mass is 10.2. The first-order valence-electron chi connectivity index (χ1n) is 6.36. The fourth-order valence-corrected chi connectivity index (χ4v) is 2.20. The molecule has 1 aliphatic rings. The predicted molar refractivity (Wildman–Crippen MR) is 76.3 cm³/mol. The Morgan fingerprint density at radius 2 is 2.15 bits per heavy atom. The first kappa shape index (κ1) is 14.9. The van der Waals surface area contributed by atoms with Crippen LogP contribution in [0.25, 0.3) is 0 Å². The standard InChI is InChI=1S/C13H17ClFN3O2/c1-8(13(19)18-2-4-20-5-3-18)17-12-6-9(14)10(15)7-11(12)16/h6-8,17H,2-5,16H2,1H3. The van der Waals surface area contributed by atoms with Gasteiger partial charge < -0.3 is 20.7 Å². The molecule has 3 N–H and O–H groups in total. The number of carbonyl (C=O) groups excluding carboxylic acids is 1. The molecule has 5 nitrogen and oxygen atoms in total. The quantitative estimate of drug-likeness (QED) is 0.834. The summed E-state index contributed by atoms with van der Waals surface area (Å²) in [4.78, 5) is 14.0. The lowest BCUT2D eigenvalue weighted by Crippen LogP contribution is -2.47. The third kappa shape index (κ3) is 3.32. The highest BCUT2D eigenvalue weighted by Crippen LogP contribution is 2.26. The fraction of sp³-hybridized carbons (Fsp3) is 0.462. The summed E-state index contributed by atoms with van der Waals surface area (Å²) in [5.74, 6) is -0.630. The number of benzene rings is 1. The second-order valence-electron chi connectivity index (χ2n) is 4.66. The lowest BCUT2D eigenvalue weighted by molar-refractivity contribution is -0.135. The topological polar surface area (TPSA) is 67.6 Å². The molecule has 0 spiro atoms. The van der Waals surface area contributed by atoms with E-state index in [0.717, 1.165) is 6.07 Å². The van der Waals surface area contributed by atoms with Gasteiger partial charge in [0, 0.05) is 19.2 Å². The Balaban J connectivity index is 2.05. The van der Waals surface area contributed by atoms with E-state index in [1.165, 1.54) is 6.07 Å². The van der Waals surface area contributed by atoms with Gasteiger partial charge in [0.2, 0.25) is 5.91 Å². The Hall–Kier alpha value is -1.53. The van der Waals surface area contributed by atoms with E-state index in [1.54, 1.807) is 11.8 Å². The van der Waals surface area contributed by atoms with Crippen molar-refractivity contribution < 1.29 is 13.9 Å². The summed E-state index contributed by atoms with van der Waals surface area (Å²) >= 11 is 5.72.